The average Bonchev–Trinajstić information content (AvgIpc) is 3.19. The van der Waals surface area contributed by atoms with Crippen LogP contribution in [0.4, 0.5) is 0 Å². The Kier molecular flexibility index (Phi) is 6.56. The SMILES string of the molecule is CCOC(OCC)c1cc2cncc(-c3cccc(CN4CCOCC4)c3)c2o1. The molecule has 1 saturated heterocycles. The number of furan rings is 1. The second-order valence-electron chi connectivity index (χ2n) is 7.09. The minimum atomic E-state index is -0.502. The molecule has 0 aliphatic carbocycles. The fourth-order valence-corrected chi connectivity index (χ4v) is 3.67. The summed E-state index contributed by atoms with van der Waals surface area (Å²) in [7, 11) is 0. The van der Waals surface area contributed by atoms with Crippen molar-refractivity contribution in [3.8, 4) is 11.1 Å². The normalized spacial score (nSPS) is 15.4. The number of morpholine rings is 1. The van der Waals surface area contributed by atoms with Gasteiger partial charge in [0, 0.05) is 56.2 Å². The number of fused-ring (bicyclic) bond motifs is 1. The lowest BCUT2D eigenvalue weighted by Gasteiger charge is -2.26. The molecular formula is C23H28N2O4. The maximum Gasteiger partial charge on any atom is 0.217 e. The van der Waals surface area contributed by atoms with Gasteiger partial charge in [-0.1, -0.05) is 18.2 Å². The van der Waals surface area contributed by atoms with Crippen molar-refractivity contribution in [1.82, 2.24) is 9.88 Å². The second kappa shape index (κ2) is 9.50. The van der Waals surface area contributed by atoms with Gasteiger partial charge >= 0.3 is 0 Å². The van der Waals surface area contributed by atoms with E-state index in [1.165, 1.54) is 5.56 Å². The van der Waals surface area contributed by atoms with Crippen LogP contribution >= 0.6 is 0 Å². The van der Waals surface area contributed by atoms with Gasteiger partial charge in [-0.25, -0.2) is 0 Å². The van der Waals surface area contributed by atoms with Crippen molar-refractivity contribution in [2.24, 2.45) is 0 Å². The zero-order valence-electron chi connectivity index (χ0n) is 17.1. The molecule has 0 bridgehead atoms. The lowest BCUT2D eigenvalue weighted by molar-refractivity contribution is -0.150. The number of benzene rings is 1. The van der Waals surface area contributed by atoms with Gasteiger partial charge in [0.2, 0.25) is 6.29 Å². The highest BCUT2D eigenvalue weighted by Crippen LogP contribution is 2.33. The van der Waals surface area contributed by atoms with Gasteiger partial charge in [0.25, 0.3) is 0 Å². The zero-order valence-corrected chi connectivity index (χ0v) is 17.1. The fraction of sp³-hybridized carbons (Fsp3) is 0.435. The number of hydrogen-bond acceptors (Lipinski definition) is 6. The van der Waals surface area contributed by atoms with Crippen LogP contribution in [0.25, 0.3) is 22.1 Å². The molecule has 4 rings (SSSR count). The van der Waals surface area contributed by atoms with Crippen molar-refractivity contribution in [2.75, 3.05) is 39.5 Å². The van der Waals surface area contributed by atoms with Gasteiger partial charge in [0.1, 0.15) is 5.58 Å². The predicted octanol–water partition coefficient (Wildman–Crippen LogP) is 4.40. The highest BCUT2D eigenvalue weighted by Gasteiger charge is 2.19. The number of nitrogens with zero attached hydrogens (tertiary/aromatic N) is 2. The third-order valence-corrected chi connectivity index (χ3v) is 5.06. The van der Waals surface area contributed by atoms with Gasteiger partial charge in [0.15, 0.2) is 5.76 Å². The molecule has 0 spiro atoms. The number of pyridine rings is 1. The van der Waals surface area contributed by atoms with Gasteiger partial charge in [-0.05, 0) is 37.1 Å². The summed E-state index contributed by atoms with van der Waals surface area (Å²) in [4.78, 5) is 6.85. The summed E-state index contributed by atoms with van der Waals surface area (Å²) in [6.07, 6.45) is 3.18. The van der Waals surface area contributed by atoms with E-state index in [2.05, 4.69) is 34.1 Å². The molecule has 3 heterocycles. The third kappa shape index (κ3) is 4.67. The van der Waals surface area contributed by atoms with Gasteiger partial charge in [-0.2, -0.15) is 0 Å². The Bertz CT molecular complexity index is 928. The molecule has 6 heteroatoms. The van der Waals surface area contributed by atoms with Crippen LogP contribution in [0.1, 0.15) is 31.5 Å². The summed E-state index contributed by atoms with van der Waals surface area (Å²) < 4.78 is 23.0. The van der Waals surface area contributed by atoms with Crippen LogP contribution in [0, 0.1) is 0 Å². The van der Waals surface area contributed by atoms with E-state index >= 15 is 0 Å². The molecule has 0 N–H and O–H groups in total. The molecule has 1 aliphatic heterocycles. The Balaban J connectivity index is 1.64. The molecule has 0 atom stereocenters. The summed E-state index contributed by atoms with van der Waals surface area (Å²) >= 11 is 0. The summed E-state index contributed by atoms with van der Waals surface area (Å²) in [5.74, 6) is 0.669. The number of hydrogen-bond donors (Lipinski definition) is 0. The molecule has 3 aromatic rings. The molecule has 1 aromatic carbocycles. The maximum atomic E-state index is 6.19. The first kappa shape index (κ1) is 20.0. The van der Waals surface area contributed by atoms with Gasteiger partial charge in [0.05, 0.1) is 13.2 Å². The lowest BCUT2D eigenvalue weighted by Crippen LogP contribution is -2.35. The molecular weight excluding hydrogens is 368 g/mol. The topological polar surface area (TPSA) is 57.0 Å². The smallest absolute Gasteiger partial charge is 0.217 e. The Morgan fingerprint density at radius 2 is 1.86 bits per heavy atom. The number of rotatable bonds is 8. The molecule has 0 unspecified atom stereocenters. The Labute approximate surface area is 171 Å². The standard InChI is InChI=1S/C23H28N2O4/c1-3-27-23(28-4-2)21-13-19-14-24-15-20(22(19)29-21)18-7-5-6-17(12-18)16-25-8-10-26-11-9-25/h5-7,12-15,23H,3-4,8-11,16H2,1-2H3. The first-order valence-corrected chi connectivity index (χ1v) is 10.3. The molecule has 1 aliphatic rings. The summed E-state index contributed by atoms with van der Waals surface area (Å²) in [5.41, 5.74) is 4.15. The van der Waals surface area contributed by atoms with Crippen LogP contribution < -0.4 is 0 Å². The van der Waals surface area contributed by atoms with E-state index in [1.54, 1.807) is 0 Å². The highest BCUT2D eigenvalue weighted by molar-refractivity contribution is 5.91. The van der Waals surface area contributed by atoms with E-state index in [4.69, 9.17) is 18.6 Å². The van der Waals surface area contributed by atoms with E-state index in [0.29, 0.717) is 19.0 Å². The van der Waals surface area contributed by atoms with Crippen molar-refractivity contribution >= 4 is 11.0 Å². The van der Waals surface area contributed by atoms with Crippen LogP contribution in [0.5, 0.6) is 0 Å². The van der Waals surface area contributed by atoms with Gasteiger partial charge in [-0.3, -0.25) is 9.88 Å². The fourth-order valence-electron chi connectivity index (χ4n) is 3.67. The summed E-state index contributed by atoms with van der Waals surface area (Å²) in [6, 6.07) is 10.5. The Hall–Kier alpha value is -2.25. The molecule has 0 radical (unpaired) electrons. The highest BCUT2D eigenvalue weighted by atomic mass is 16.7. The van der Waals surface area contributed by atoms with E-state index < -0.39 is 6.29 Å². The van der Waals surface area contributed by atoms with Crippen molar-refractivity contribution in [3.05, 3.63) is 54.0 Å². The minimum Gasteiger partial charge on any atom is -0.455 e. The van der Waals surface area contributed by atoms with Gasteiger partial charge in [-0.15, -0.1) is 0 Å². The molecule has 29 heavy (non-hydrogen) atoms. The van der Waals surface area contributed by atoms with Crippen LogP contribution in [-0.4, -0.2) is 49.4 Å². The maximum absolute atomic E-state index is 6.19. The van der Waals surface area contributed by atoms with Crippen LogP contribution in [0.2, 0.25) is 0 Å². The summed E-state index contributed by atoms with van der Waals surface area (Å²) in [6.45, 7) is 9.47. The molecule has 154 valence electrons. The monoisotopic (exact) mass is 396 g/mol. The Morgan fingerprint density at radius 3 is 2.62 bits per heavy atom. The minimum absolute atomic E-state index is 0.502. The summed E-state index contributed by atoms with van der Waals surface area (Å²) in [5, 5.41) is 0.945. The van der Waals surface area contributed by atoms with Crippen molar-refractivity contribution in [3.63, 3.8) is 0 Å². The molecule has 2 aromatic heterocycles. The third-order valence-electron chi connectivity index (χ3n) is 5.06. The molecule has 0 amide bonds. The van der Waals surface area contributed by atoms with E-state index in [0.717, 1.165) is 54.9 Å². The zero-order chi connectivity index (χ0) is 20.1. The lowest BCUT2D eigenvalue weighted by atomic mass is 10.0. The van der Waals surface area contributed by atoms with Crippen molar-refractivity contribution in [1.29, 1.82) is 0 Å². The van der Waals surface area contributed by atoms with Gasteiger partial charge < -0.3 is 18.6 Å². The largest absolute Gasteiger partial charge is 0.455 e. The first-order valence-electron chi connectivity index (χ1n) is 10.3. The van der Waals surface area contributed by atoms with E-state index in [9.17, 15) is 0 Å². The Morgan fingerprint density at radius 1 is 1.07 bits per heavy atom. The van der Waals surface area contributed by atoms with Crippen molar-refractivity contribution < 1.29 is 18.6 Å². The first-order chi connectivity index (χ1) is 14.3. The second-order valence-corrected chi connectivity index (χ2v) is 7.09. The predicted molar refractivity (Wildman–Crippen MR) is 112 cm³/mol. The van der Waals surface area contributed by atoms with E-state index in [-0.39, 0.29) is 0 Å². The van der Waals surface area contributed by atoms with E-state index in [1.807, 2.05) is 32.3 Å². The average molecular weight is 396 g/mol. The number of ether oxygens (including phenoxy) is 3. The molecule has 1 fully saturated rings. The molecule has 6 nitrogen and oxygen atoms in total. The quantitative estimate of drug-likeness (QED) is 0.526. The number of aromatic nitrogens is 1. The van der Waals surface area contributed by atoms with Crippen molar-refractivity contribution in [2.45, 2.75) is 26.7 Å². The van der Waals surface area contributed by atoms with Crippen LogP contribution in [-0.2, 0) is 20.8 Å². The molecule has 0 saturated carbocycles. The van der Waals surface area contributed by atoms with Crippen LogP contribution in [0.3, 0.4) is 0 Å². The van der Waals surface area contributed by atoms with Crippen LogP contribution in [0.15, 0.2) is 47.1 Å².